The highest BCUT2D eigenvalue weighted by atomic mass is 16.7. The Bertz CT molecular complexity index is 432. The molecule has 0 radical (unpaired) electrons. The maximum absolute atomic E-state index is 10.8. The molecule has 0 saturated carbocycles. The second-order valence-electron chi connectivity index (χ2n) is 4.44. The molecular formula is C13H14O5. The van der Waals surface area contributed by atoms with Gasteiger partial charge in [-0.15, -0.1) is 0 Å². The summed E-state index contributed by atoms with van der Waals surface area (Å²) < 4.78 is 16.4. The van der Waals surface area contributed by atoms with Gasteiger partial charge in [0.1, 0.15) is 6.10 Å². The fourth-order valence-electron chi connectivity index (χ4n) is 2.19. The zero-order valence-corrected chi connectivity index (χ0v) is 9.69. The maximum atomic E-state index is 10.8. The van der Waals surface area contributed by atoms with Gasteiger partial charge in [-0.25, -0.2) is 4.79 Å². The number of ether oxygens (including phenoxy) is 3. The average Bonchev–Trinajstić information content (AvgIpc) is 3.20. The lowest BCUT2D eigenvalue weighted by molar-refractivity contribution is -0.221. The van der Waals surface area contributed by atoms with Crippen molar-refractivity contribution >= 4 is 5.97 Å². The van der Waals surface area contributed by atoms with Gasteiger partial charge in [-0.1, -0.05) is 30.3 Å². The molecule has 0 aliphatic carbocycles. The van der Waals surface area contributed by atoms with E-state index in [0.29, 0.717) is 13.0 Å². The van der Waals surface area contributed by atoms with E-state index in [1.807, 2.05) is 30.3 Å². The molecular weight excluding hydrogens is 236 g/mol. The lowest BCUT2D eigenvalue weighted by atomic mass is 10.1. The fraction of sp³-hybridized carbons (Fsp3) is 0.462. The molecule has 5 heteroatoms. The van der Waals surface area contributed by atoms with Crippen molar-refractivity contribution in [2.24, 2.45) is 0 Å². The van der Waals surface area contributed by atoms with Gasteiger partial charge in [0.25, 0.3) is 0 Å². The van der Waals surface area contributed by atoms with Crippen LogP contribution in [0.15, 0.2) is 30.3 Å². The summed E-state index contributed by atoms with van der Waals surface area (Å²) in [5, 5.41) is 8.83. The van der Waals surface area contributed by atoms with Crippen LogP contribution in [0.4, 0.5) is 0 Å². The Morgan fingerprint density at radius 3 is 2.67 bits per heavy atom. The third-order valence-corrected chi connectivity index (χ3v) is 3.18. The van der Waals surface area contributed by atoms with E-state index in [9.17, 15) is 4.79 Å². The molecule has 1 aromatic carbocycles. The number of hydrogen-bond acceptors (Lipinski definition) is 4. The van der Waals surface area contributed by atoms with E-state index in [2.05, 4.69) is 0 Å². The Morgan fingerprint density at radius 1 is 1.22 bits per heavy atom. The molecule has 5 nitrogen and oxygen atoms in total. The summed E-state index contributed by atoms with van der Waals surface area (Å²) in [4.78, 5) is 10.8. The Balaban J connectivity index is 1.65. The molecule has 0 spiro atoms. The minimum absolute atomic E-state index is 0.204. The normalized spacial score (nSPS) is 35.1. The number of rotatable bonds is 3. The van der Waals surface area contributed by atoms with Crippen LogP contribution in [0.1, 0.15) is 18.3 Å². The van der Waals surface area contributed by atoms with Crippen molar-refractivity contribution < 1.29 is 24.1 Å². The van der Waals surface area contributed by atoms with Crippen LogP contribution in [0.3, 0.4) is 0 Å². The summed E-state index contributed by atoms with van der Waals surface area (Å²) >= 11 is 0. The van der Waals surface area contributed by atoms with Crippen molar-refractivity contribution in [3.05, 3.63) is 35.9 Å². The van der Waals surface area contributed by atoms with Crippen molar-refractivity contribution in [2.45, 2.75) is 31.0 Å². The molecule has 1 aromatic rings. The topological polar surface area (TPSA) is 68.3 Å². The molecule has 96 valence electrons. The van der Waals surface area contributed by atoms with Gasteiger partial charge in [0.15, 0.2) is 12.4 Å². The minimum atomic E-state index is -0.925. The zero-order chi connectivity index (χ0) is 12.5. The standard InChI is InChI=1S/C13H14O5/c14-12(15)11-10(18-11)9-6-7-16-13(17-9)8-4-2-1-3-5-8/h1-5,9-11,13H,6-7H2,(H,14,15)/t9-,10-,11-,13-/m0/s1. The molecule has 2 aliphatic rings. The molecule has 1 N–H and O–H groups in total. The number of benzene rings is 1. The number of carbonyl (C=O) groups is 1. The first-order valence-electron chi connectivity index (χ1n) is 5.96. The Labute approximate surface area is 104 Å². The largest absolute Gasteiger partial charge is 0.479 e. The second kappa shape index (κ2) is 4.68. The predicted molar refractivity (Wildman–Crippen MR) is 60.9 cm³/mol. The first kappa shape index (κ1) is 11.6. The van der Waals surface area contributed by atoms with Gasteiger partial charge in [0.2, 0.25) is 0 Å². The Morgan fingerprint density at radius 2 is 2.00 bits per heavy atom. The Hall–Kier alpha value is -1.43. The van der Waals surface area contributed by atoms with E-state index in [1.54, 1.807) is 0 Å². The molecule has 0 bridgehead atoms. The van der Waals surface area contributed by atoms with Crippen molar-refractivity contribution in [3.63, 3.8) is 0 Å². The van der Waals surface area contributed by atoms with Gasteiger partial charge in [-0.2, -0.15) is 0 Å². The lowest BCUT2D eigenvalue weighted by Crippen LogP contribution is -2.32. The van der Waals surface area contributed by atoms with Gasteiger partial charge in [-0.3, -0.25) is 0 Å². The molecule has 3 rings (SSSR count). The monoisotopic (exact) mass is 250 g/mol. The Kier molecular flexibility index (Phi) is 3.03. The summed E-state index contributed by atoms with van der Waals surface area (Å²) in [7, 11) is 0. The van der Waals surface area contributed by atoms with Crippen LogP contribution in [0.5, 0.6) is 0 Å². The van der Waals surface area contributed by atoms with Crippen LogP contribution >= 0.6 is 0 Å². The highest BCUT2D eigenvalue weighted by Gasteiger charge is 2.52. The van der Waals surface area contributed by atoms with Crippen LogP contribution in [0, 0.1) is 0 Å². The second-order valence-corrected chi connectivity index (χ2v) is 4.44. The number of hydrogen-bond donors (Lipinski definition) is 1. The summed E-state index contributed by atoms with van der Waals surface area (Å²) in [5.74, 6) is -0.925. The summed E-state index contributed by atoms with van der Waals surface area (Å²) in [5.41, 5.74) is 0.940. The van der Waals surface area contributed by atoms with Gasteiger partial charge >= 0.3 is 5.97 Å². The first-order valence-corrected chi connectivity index (χ1v) is 5.96. The maximum Gasteiger partial charge on any atom is 0.335 e. The smallest absolute Gasteiger partial charge is 0.335 e. The van der Waals surface area contributed by atoms with Crippen LogP contribution in [0.25, 0.3) is 0 Å². The van der Waals surface area contributed by atoms with Crippen molar-refractivity contribution in [2.75, 3.05) is 6.61 Å². The molecule has 0 unspecified atom stereocenters. The van der Waals surface area contributed by atoms with Crippen molar-refractivity contribution in [1.82, 2.24) is 0 Å². The molecule has 0 amide bonds. The molecule has 2 heterocycles. The van der Waals surface area contributed by atoms with E-state index in [4.69, 9.17) is 19.3 Å². The highest BCUT2D eigenvalue weighted by molar-refractivity contribution is 5.75. The molecule has 18 heavy (non-hydrogen) atoms. The van der Waals surface area contributed by atoms with E-state index in [0.717, 1.165) is 5.56 Å². The van der Waals surface area contributed by atoms with Crippen molar-refractivity contribution in [1.29, 1.82) is 0 Å². The molecule has 2 saturated heterocycles. The third-order valence-electron chi connectivity index (χ3n) is 3.18. The third kappa shape index (κ3) is 2.25. The average molecular weight is 250 g/mol. The molecule has 2 fully saturated rings. The number of aliphatic carboxylic acids is 1. The predicted octanol–water partition coefficient (Wildman–Crippen LogP) is 1.34. The first-order chi connectivity index (χ1) is 8.75. The molecule has 4 atom stereocenters. The van der Waals surface area contributed by atoms with Crippen LogP contribution in [-0.4, -0.2) is 36.0 Å². The van der Waals surface area contributed by atoms with Gasteiger partial charge in [0, 0.05) is 5.56 Å². The zero-order valence-electron chi connectivity index (χ0n) is 9.69. The summed E-state index contributed by atoms with van der Waals surface area (Å²) in [6.45, 7) is 0.552. The minimum Gasteiger partial charge on any atom is -0.479 e. The van der Waals surface area contributed by atoms with E-state index < -0.39 is 18.4 Å². The molecule has 0 aromatic heterocycles. The number of epoxide rings is 1. The van der Waals surface area contributed by atoms with Crippen LogP contribution < -0.4 is 0 Å². The van der Waals surface area contributed by atoms with E-state index in [-0.39, 0.29) is 12.2 Å². The SMILES string of the molecule is O=C(O)[C@H]1O[C@H]1[C@@H]1CCO[C@H](c2ccccc2)O1. The lowest BCUT2D eigenvalue weighted by Gasteiger charge is -2.29. The van der Waals surface area contributed by atoms with Gasteiger partial charge < -0.3 is 19.3 Å². The van der Waals surface area contributed by atoms with Gasteiger partial charge in [-0.05, 0) is 6.42 Å². The van der Waals surface area contributed by atoms with Crippen LogP contribution in [-0.2, 0) is 19.0 Å². The molecule has 2 aliphatic heterocycles. The highest BCUT2D eigenvalue weighted by Crippen LogP contribution is 2.35. The van der Waals surface area contributed by atoms with Crippen LogP contribution in [0.2, 0.25) is 0 Å². The number of carboxylic acids is 1. The van der Waals surface area contributed by atoms with E-state index >= 15 is 0 Å². The fourth-order valence-corrected chi connectivity index (χ4v) is 2.19. The van der Waals surface area contributed by atoms with Gasteiger partial charge in [0.05, 0.1) is 12.7 Å². The quantitative estimate of drug-likeness (QED) is 0.820. The van der Waals surface area contributed by atoms with E-state index in [1.165, 1.54) is 0 Å². The number of carboxylic acid groups (broad SMARTS) is 1. The van der Waals surface area contributed by atoms with Crippen molar-refractivity contribution in [3.8, 4) is 0 Å². The summed E-state index contributed by atoms with van der Waals surface area (Å²) in [6.07, 6.45) is -1.02. The summed E-state index contributed by atoms with van der Waals surface area (Å²) in [6, 6.07) is 9.61.